The summed E-state index contributed by atoms with van der Waals surface area (Å²) in [5, 5.41) is 17.0. The summed E-state index contributed by atoms with van der Waals surface area (Å²) in [6.45, 7) is 8.08. The Morgan fingerprint density at radius 3 is 2.66 bits per heavy atom. The monoisotopic (exact) mass is 407 g/mol. The van der Waals surface area contributed by atoms with Crippen molar-refractivity contribution < 1.29 is 4.79 Å². The number of aromatic nitrogens is 3. The molecule has 1 amide bonds. The number of nitriles is 1. The van der Waals surface area contributed by atoms with Gasteiger partial charge in [-0.25, -0.2) is 4.68 Å². The summed E-state index contributed by atoms with van der Waals surface area (Å²) in [6, 6.07) is 13.0. The number of benzene rings is 1. The van der Waals surface area contributed by atoms with Gasteiger partial charge in [-0.2, -0.15) is 10.4 Å². The second-order valence-corrected chi connectivity index (χ2v) is 7.40. The minimum absolute atomic E-state index is 0.00235. The van der Waals surface area contributed by atoms with E-state index in [1.165, 1.54) is 0 Å². The first-order chi connectivity index (χ1) is 13.8. The topological polar surface area (TPSA) is 75.6 Å². The van der Waals surface area contributed by atoms with E-state index in [4.69, 9.17) is 11.6 Å². The molecule has 0 radical (unpaired) electrons. The molecule has 7 heteroatoms. The van der Waals surface area contributed by atoms with E-state index in [0.29, 0.717) is 10.7 Å². The van der Waals surface area contributed by atoms with E-state index in [0.717, 1.165) is 22.8 Å². The summed E-state index contributed by atoms with van der Waals surface area (Å²) < 4.78 is 4.00. The van der Waals surface area contributed by atoms with Crippen LogP contribution in [0.3, 0.4) is 0 Å². The van der Waals surface area contributed by atoms with Gasteiger partial charge in [0.05, 0.1) is 16.9 Å². The molecule has 3 aromatic rings. The Bertz CT molecular complexity index is 1130. The van der Waals surface area contributed by atoms with Crippen LogP contribution in [-0.4, -0.2) is 20.3 Å². The Hall–Kier alpha value is -3.30. The predicted molar refractivity (Wildman–Crippen MR) is 115 cm³/mol. The van der Waals surface area contributed by atoms with Gasteiger partial charge in [0.25, 0.3) is 5.91 Å². The standard InChI is InChI=1S/C22H22ClN5O/c1-14(2)28-21(9-10-25-28)27-15(3)11-17(16(27)4)12-18(13-24)22(29)26-20-8-6-5-7-19(20)23/h5-12,14H,1-4H3,(H,26,29)/b18-12+. The molecule has 6 nitrogen and oxygen atoms in total. The molecule has 3 rings (SSSR count). The molecule has 0 fully saturated rings. The number of halogens is 1. The van der Waals surface area contributed by atoms with Gasteiger partial charge in [-0.05, 0) is 57.5 Å². The Balaban J connectivity index is 1.97. The summed E-state index contributed by atoms with van der Waals surface area (Å²) in [6.07, 6.45) is 3.36. The molecule has 0 aliphatic carbocycles. The number of hydrogen-bond acceptors (Lipinski definition) is 3. The van der Waals surface area contributed by atoms with Gasteiger partial charge in [0, 0.05) is 23.5 Å². The number of amides is 1. The number of nitrogens with one attached hydrogen (secondary N) is 1. The van der Waals surface area contributed by atoms with E-state index in [1.54, 1.807) is 36.5 Å². The Morgan fingerprint density at radius 1 is 1.28 bits per heavy atom. The number of rotatable bonds is 5. The largest absolute Gasteiger partial charge is 0.320 e. The second-order valence-electron chi connectivity index (χ2n) is 6.99. The van der Waals surface area contributed by atoms with Crippen LogP contribution in [0, 0.1) is 25.2 Å². The Kier molecular flexibility index (Phi) is 5.90. The molecule has 1 N–H and O–H groups in total. The van der Waals surface area contributed by atoms with E-state index < -0.39 is 5.91 Å². The fraction of sp³-hybridized carbons (Fsp3) is 0.227. The molecule has 0 aliphatic rings. The zero-order chi connectivity index (χ0) is 21.1. The zero-order valence-electron chi connectivity index (χ0n) is 16.8. The first-order valence-electron chi connectivity index (χ1n) is 9.24. The summed E-state index contributed by atoms with van der Waals surface area (Å²) in [7, 11) is 0. The lowest BCUT2D eigenvalue weighted by atomic mass is 10.1. The average molecular weight is 408 g/mol. The molecule has 0 atom stereocenters. The third kappa shape index (κ3) is 4.10. The third-order valence-corrected chi connectivity index (χ3v) is 4.95. The molecular formula is C22H22ClN5O. The van der Waals surface area contributed by atoms with E-state index in [-0.39, 0.29) is 11.6 Å². The quantitative estimate of drug-likeness (QED) is 0.473. The summed E-state index contributed by atoms with van der Waals surface area (Å²) in [5.41, 5.74) is 3.17. The lowest BCUT2D eigenvalue weighted by molar-refractivity contribution is -0.112. The SMILES string of the molecule is Cc1cc(/C=C(\C#N)C(=O)Nc2ccccc2Cl)c(C)n1-c1ccnn1C(C)C. The molecule has 0 spiro atoms. The second kappa shape index (κ2) is 8.38. The third-order valence-electron chi connectivity index (χ3n) is 4.62. The average Bonchev–Trinajstić information content (AvgIpc) is 3.25. The molecule has 1 aromatic carbocycles. The molecule has 2 heterocycles. The Labute approximate surface area is 175 Å². The van der Waals surface area contributed by atoms with Gasteiger partial charge >= 0.3 is 0 Å². The highest BCUT2D eigenvalue weighted by molar-refractivity contribution is 6.34. The number of carbonyl (C=O) groups excluding carboxylic acids is 1. The van der Waals surface area contributed by atoms with Gasteiger partial charge in [-0.3, -0.25) is 4.79 Å². The highest BCUT2D eigenvalue weighted by Crippen LogP contribution is 2.25. The summed E-state index contributed by atoms with van der Waals surface area (Å²) >= 11 is 6.09. The molecule has 148 valence electrons. The van der Waals surface area contributed by atoms with Crippen molar-refractivity contribution in [1.29, 1.82) is 5.26 Å². The molecule has 0 aliphatic heterocycles. The van der Waals surface area contributed by atoms with Gasteiger partial charge in [0.15, 0.2) is 0 Å². The van der Waals surface area contributed by atoms with Crippen molar-refractivity contribution in [2.45, 2.75) is 33.7 Å². The van der Waals surface area contributed by atoms with Crippen LogP contribution in [0.5, 0.6) is 0 Å². The first-order valence-corrected chi connectivity index (χ1v) is 9.61. The molecular weight excluding hydrogens is 386 g/mol. The number of para-hydroxylation sites is 1. The Morgan fingerprint density at radius 2 is 2.00 bits per heavy atom. The van der Waals surface area contributed by atoms with Crippen LogP contribution >= 0.6 is 11.6 Å². The molecule has 0 bridgehead atoms. The predicted octanol–water partition coefficient (Wildman–Crippen LogP) is 5.07. The van der Waals surface area contributed by atoms with E-state index in [1.807, 2.05) is 36.7 Å². The lowest BCUT2D eigenvalue weighted by Gasteiger charge is -2.15. The number of aryl methyl sites for hydroxylation is 1. The fourth-order valence-electron chi connectivity index (χ4n) is 3.22. The summed E-state index contributed by atoms with van der Waals surface area (Å²) in [4.78, 5) is 12.6. The van der Waals surface area contributed by atoms with E-state index >= 15 is 0 Å². The van der Waals surface area contributed by atoms with Crippen LogP contribution in [0.15, 0.2) is 48.2 Å². The van der Waals surface area contributed by atoms with Crippen LogP contribution in [0.25, 0.3) is 11.9 Å². The molecule has 0 unspecified atom stereocenters. The first kappa shape index (κ1) is 20.4. The number of nitrogens with zero attached hydrogens (tertiary/aromatic N) is 4. The van der Waals surface area contributed by atoms with Gasteiger partial charge in [0.1, 0.15) is 17.5 Å². The minimum Gasteiger partial charge on any atom is -0.320 e. The minimum atomic E-state index is -0.502. The zero-order valence-corrected chi connectivity index (χ0v) is 17.5. The smallest absolute Gasteiger partial charge is 0.266 e. The van der Waals surface area contributed by atoms with Gasteiger partial charge in [-0.15, -0.1) is 0 Å². The highest BCUT2D eigenvalue weighted by atomic mass is 35.5. The lowest BCUT2D eigenvalue weighted by Crippen LogP contribution is -2.14. The van der Waals surface area contributed by atoms with Crippen LogP contribution in [0.1, 0.15) is 36.8 Å². The maximum absolute atomic E-state index is 12.6. The van der Waals surface area contributed by atoms with E-state index in [9.17, 15) is 10.1 Å². The van der Waals surface area contributed by atoms with E-state index in [2.05, 4.69) is 28.8 Å². The van der Waals surface area contributed by atoms with Crippen molar-refractivity contribution >= 4 is 29.3 Å². The van der Waals surface area contributed by atoms with Crippen LogP contribution in [0.4, 0.5) is 5.69 Å². The van der Waals surface area contributed by atoms with Gasteiger partial charge in [0.2, 0.25) is 0 Å². The van der Waals surface area contributed by atoms with Gasteiger partial charge < -0.3 is 9.88 Å². The molecule has 29 heavy (non-hydrogen) atoms. The van der Waals surface area contributed by atoms with Crippen molar-refractivity contribution in [2.75, 3.05) is 5.32 Å². The molecule has 0 saturated heterocycles. The summed E-state index contributed by atoms with van der Waals surface area (Å²) in [5.74, 6) is 0.436. The molecule has 0 saturated carbocycles. The van der Waals surface area contributed by atoms with Crippen LogP contribution in [0.2, 0.25) is 5.02 Å². The fourth-order valence-corrected chi connectivity index (χ4v) is 3.41. The maximum Gasteiger partial charge on any atom is 0.266 e. The molecule has 2 aromatic heterocycles. The van der Waals surface area contributed by atoms with Crippen molar-refractivity contribution in [2.24, 2.45) is 0 Å². The van der Waals surface area contributed by atoms with Crippen molar-refractivity contribution in [3.8, 4) is 11.9 Å². The van der Waals surface area contributed by atoms with Gasteiger partial charge in [-0.1, -0.05) is 23.7 Å². The number of carbonyl (C=O) groups is 1. The van der Waals surface area contributed by atoms with Crippen LogP contribution < -0.4 is 5.32 Å². The van der Waals surface area contributed by atoms with Crippen molar-refractivity contribution in [1.82, 2.24) is 14.3 Å². The van der Waals surface area contributed by atoms with Crippen molar-refractivity contribution in [3.05, 3.63) is 70.1 Å². The maximum atomic E-state index is 12.6. The number of anilines is 1. The normalized spacial score (nSPS) is 11.6. The van der Waals surface area contributed by atoms with Crippen molar-refractivity contribution in [3.63, 3.8) is 0 Å². The number of hydrogen-bond donors (Lipinski definition) is 1. The highest BCUT2D eigenvalue weighted by Gasteiger charge is 2.17. The van der Waals surface area contributed by atoms with Crippen LogP contribution in [-0.2, 0) is 4.79 Å².